The molecule has 0 saturated heterocycles. The number of benzene rings is 3. The minimum Gasteiger partial charge on any atom is -0.487 e. The topological polar surface area (TPSA) is 31.6 Å². The number of hydrogen-bond donors (Lipinski definition) is 0. The first-order valence-corrected chi connectivity index (χ1v) is 11.3. The number of furan rings is 1. The predicted molar refractivity (Wildman–Crippen MR) is 122 cm³/mol. The maximum atomic E-state index is 15.4. The predicted octanol–water partition coefficient (Wildman–Crippen LogP) is 7.43. The summed E-state index contributed by atoms with van der Waals surface area (Å²) in [5.74, 6) is -0.879. The molecule has 0 amide bonds. The largest absolute Gasteiger partial charge is 0.487 e. The second-order valence-electron chi connectivity index (χ2n) is 8.33. The van der Waals surface area contributed by atoms with Crippen molar-refractivity contribution in [2.45, 2.75) is 45.1 Å². The van der Waals surface area contributed by atoms with E-state index in [1.54, 1.807) is 24.3 Å². The summed E-state index contributed by atoms with van der Waals surface area (Å²) in [6, 6.07) is 14.6. The Kier molecular flexibility index (Phi) is 5.83. The van der Waals surface area contributed by atoms with Crippen LogP contribution >= 0.6 is 0 Å². The van der Waals surface area contributed by atoms with Crippen molar-refractivity contribution in [1.29, 1.82) is 0 Å². The number of halogens is 2. The van der Waals surface area contributed by atoms with Crippen LogP contribution in [0.2, 0.25) is 0 Å². The molecular weight excluding hydrogens is 410 g/mol. The molecule has 3 aromatic carbocycles. The van der Waals surface area contributed by atoms with Crippen LogP contribution in [0.25, 0.3) is 33.1 Å². The Morgan fingerprint density at radius 1 is 0.875 bits per heavy atom. The molecule has 32 heavy (non-hydrogen) atoms. The van der Waals surface area contributed by atoms with Gasteiger partial charge in [0.15, 0.2) is 22.7 Å². The van der Waals surface area contributed by atoms with Gasteiger partial charge >= 0.3 is 0 Å². The van der Waals surface area contributed by atoms with Gasteiger partial charge in [0.2, 0.25) is 5.82 Å². The summed E-state index contributed by atoms with van der Waals surface area (Å²) in [5.41, 5.74) is 2.41. The standard InChI is InChI=1S/C27H26F2O3/c1-2-30-16-15-17-7-9-18(10-8-17)20-11-12-21-22-13-14-23(31-19-5-3-4-6-19)25(29)27(22)32-26(21)24(20)28/h7-14,19H,2-6,15-16H2,1H3. The highest BCUT2D eigenvalue weighted by Gasteiger charge is 2.23. The first-order valence-electron chi connectivity index (χ1n) is 11.3. The third-order valence-corrected chi connectivity index (χ3v) is 6.25. The summed E-state index contributed by atoms with van der Waals surface area (Å²) in [6.07, 6.45) is 4.90. The van der Waals surface area contributed by atoms with Gasteiger partial charge in [0, 0.05) is 22.9 Å². The molecule has 0 radical (unpaired) electrons. The Balaban J connectivity index is 1.49. The van der Waals surface area contributed by atoms with Crippen LogP contribution in [0.15, 0.2) is 52.9 Å². The maximum Gasteiger partial charge on any atom is 0.208 e. The molecule has 5 heteroatoms. The molecule has 1 heterocycles. The Labute approximate surface area is 185 Å². The summed E-state index contributed by atoms with van der Waals surface area (Å²) in [4.78, 5) is 0. The molecule has 4 aromatic rings. The van der Waals surface area contributed by atoms with Gasteiger partial charge in [-0.25, -0.2) is 4.39 Å². The first kappa shape index (κ1) is 21.0. The molecule has 5 rings (SSSR count). The van der Waals surface area contributed by atoms with Gasteiger partial charge < -0.3 is 13.9 Å². The third kappa shape index (κ3) is 3.86. The van der Waals surface area contributed by atoms with Gasteiger partial charge in [0.25, 0.3) is 0 Å². The van der Waals surface area contributed by atoms with E-state index in [1.165, 1.54) is 0 Å². The third-order valence-electron chi connectivity index (χ3n) is 6.25. The van der Waals surface area contributed by atoms with Crippen LogP contribution in [0.4, 0.5) is 8.78 Å². The van der Waals surface area contributed by atoms with E-state index in [-0.39, 0.29) is 23.0 Å². The smallest absolute Gasteiger partial charge is 0.208 e. The molecule has 3 nitrogen and oxygen atoms in total. The molecule has 1 fully saturated rings. The van der Waals surface area contributed by atoms with Gasteiger partial charge in [-0.05, 0) is 68.4 Å². The SMILES string of the molecule is CCOCCc1ccc(-c2ccc3c(oc4c(F)c(OC5CCCC5)ccc43)c2F)cc1. The van der Waals surface area contributed by atoms with Gasteiger partial charge in [-0.15, -0.1) is 0 Å². The van der Waals surface area contributed by atoms with Crippen molar-refractivity contribution in [3.63, 3.8) is 0 Å². The van der Waals surface area contributed by atoms with Crippen LogP contribution in [0.3, 0.4) is 0 Å². The van der Waals surface area contributed by atoms with Crippen molar-refractivity contribution in [3.05, 3.63) is 65.7 Å². The molecule has 1 saturated carbocycles. The molecule has 0 spiro atoms. The molecule has 0 aliphatic heterocycles. The van der Waals surface area contributed by atoms with E-state index in [2.05, 4.69) is 0 Å². The lowest BCUT2D eigenvalue weighted by atomic mass is 10.0. The summed E-state index contributed by atoms with van der Waals surface area (Å²) in [6.45, 7) is 3.32. The van der Waals surface area contributed by atoms with E-state index in [0.29, 0.717) is 29.5 Å². The van der Waals surface area contributed by atoms with Crippen LogP contribution < -0.4 is 4.74 Å². The van der Waals surface area contributed by atoms with Crippen LogP contribution in [0.5, 0.6) is 5.75 Å². The van der Waals surface area contributed by atoms with E-state index in [9.17, 15) is 0 Å². The summed E-state index contributed by atoms with van der Waals surface area (Å²) in [5, 5.41) is 1.11. The Morgan fingerprint density at radius 3 is 2.28 bits per heavy atom. The van der Waals surface area contributed by atoms with Gasteiger partial charge in [0.1, 0.15) is 0 Å². The van der Waals surface area contributed by atoms with Gasteiger partial charge in [-0.2, -0.15) is 4.39 Å². The van der Waals surface area contributed by atoms with E-state index >= 15 is 8.78 Å². The van der Waals surface area contributed by atoms with Crippen LogP contribution in [0, 0.1) is 11.6 Å². The molecule has 166 valence electrons. The molecule has 0 bridgehead atoms. The molecule has 1 aliphatic rings. The zero-order chi connectivity index (χ0) is 22.1. The van der Waals surface area contributed by atoms with E-state index < -0.39 is 11.6 Å². The lowest BCUT2D eigenvalue weighted by Crippen LogP contribution is -2.11. The number of ether oxygens (including phenoxy) is 2. The van der Waals surface area contributed by atoms with Crippen molar-refractivity contribution in [2.75, 3.05) is 13.2 Å². The Hall–Kier alpha value is -2.92. The quantitative estimate of drug-likeness (QED) is 0.282. The average Bonchev–Trinajstić information content (AvgIpc) is 3.45. The second-order valence-corrected chi connectivity index (χ2v) is 8.33. The summed E-state index contributed by atoms with van der Waals surface area (Å²) < 4.78 is 47.5. The zero-order valence-electron chi connectivity index (χ0n) is 18.1. The molecule has 1 aliphatic carbocycles. The first-order chi connectivity index (χ1) is 15.7. The molecule has 0 N–H and O–H groups in total. The lowest BCUT2D eigenvalue weighted by Gasteiger charge is -2.13. The molecular formula is C27H26F2O3. The number of fused-ring (bicyclic) bond motifs is 3. The van der Waals surface area contributed by atoms with E-state index in [1.807, 2.05) is 31.2 Å². The summed E-state index contributed by atoms with van der Waals surface area (Å²) in [7, 11) is 0. The minimum atomic E-state index is -0.565. The Morgan fingerprint density at radius 2 is 1.56 bits per heavy atom. The highest BCUT2D eigenvalue weighted by molar-refractivity contribution is 6.06. The zero-order valence-corrected chi connectivity index (χ0v) is 18.1. The minimum absolute atomic E-state index is 0.0335. The van der Waals surface area contributed by atoms with E-state index in [4.69, 9.17) is 13.9 Å². The lowest BCUT2D eigenvalue weighted by molar-refractivity contribution is 0.151. The van der Waals surface area contributed by atoms with Gasteiger partial charge in [-0.3, -0.25) is 0 Å². The number of rotatable bonds is 7. The fourth-order valence-corrected chi connectivity index (χ4v) is 4.50. The van der Waals surface area contributed by atoms with Crippen molar-refractivity contribution < 1.29 is 22.7 Å². The van der Waals surface area contributed by atoms with Gasteiger partial charge in [-0.1, -0.05) is 30.3 Å². The van der Waals surface area contributed by atoms with Gasteiger partial charge in [0.05, 0.1) is 12.7 Å². The summed E-state index contributed by atoms with van der Waals surface area (Å²) >= 11 is 0. The maximum absolute atomic E-state index is 15.4. The van der Waals surface area contributed by atoms with Crippen LogP contribution in [-0.2, 0) is 11.2 Å². The average molecular weight is 436 g/mol. The van der Waals surface area contributed by atoms with E-state index in [0.717, 1.165) is 43.2 Å². The fourth-order valence-electron chi connectivity index (χ4n) is 4.50. The highest BCUT2D eigenvalue weighted by atomic mass is 19.1. The molecule has 0 unspecified atom stereocenters. The normalized spacial score (nSPS) is 14.6. The molecule has 1 aromatic heterocycles. The van der Waals surface area contributed by atoms with Crippen molar-refractivity contribution in [3.8, 4) is 16.9 Å². The Bertz CT molecular complexity index is 1240. The molecule has 0 atom stereocenters. The van der Waals surface area contributed by atoms with Crippen molar-refractivity contribution >= 4 is 21.9 Å². The van der Waals surface area contributed by atoms with Crippen molar-refractivity contribution in [1.82, 2.24) is 0 Å². The monoisotopic (exact) mass is 436 g/mol. The highest BCUT2D eigenvalue weighted by Crippen LogP contribution is 2.39. The van der Waals surface area contributed by atoms with Crippen LogP contribution in [0.1, 0.15) is 38.2 Å². The van der Waals surface area contributed by atoms with Crippen LogP contribution in [-0.4, -0.2) is 19.3 Å². The second kappa shape index (κ2) is 8.91. The fraction of sp³-hybridized carbons (Fsp3) is 0.333. The number of hydrogen-bond acceptors (Lipinski definition) is 3. The van der Waals surface area contributed by atoms with Crippen molar-refractivity contribution in [2.24, 2.45) is 0 Å².